The second-order valence-electron chi connectivity index (χ2n) is 2.87. The summed E-state index contributed by atoms with van der Waals surface area (Å²) in [5, 5.41) is 5.82. The van der Waals surface area contributed by atoms with Crippen LogP contribution in [0.5, 0.6) is 0 Å². The Morgan fingerprint density at radius 3 is 2.94 bits per heavy atom. The van der Waals surface area contributed by atoms with Gasteiger partial charge in [-0.25, -0.2) is 8.78 Å². The zero-order chi connectivity index (χ0) is 12.2. The van der Waals surface area contributed by atoms with Crippen molar-refractivity contribution < 1.29 is 18.3 Å². The molecule has 0 aliphatic rings. The maximum Gasteiger partial charge on any atom is 0.261 e. The molecule has 0 unspecified atom stereocenters. The lowest BCUT2D eigenvalue weighted by atomic mass is 10.4. The molecule has 0 fully saturated rings. The lowest BCUT2D eigenvalue weighted by molar-refractivity contribution is -0.122. The number of nitrogens with zero attached hydrogens (tertiary/aromatic N) is 3. The Kier molecular flexibility index (Phi) is 9.24. The van der Waals surface area contributed by atoms with Crippen LogP contribution in [-0.2, 0) is 9.53 Å². The third-order valence-corrected chi connectivity index (χ3v) is 1.54. The second kappa shape index (κ2) is 10.1. The molecule has 0 aromatic carbocycles. The van der Waals surface area contributed by atoms with Crippen LogP contribution in [0.2, 0.25) is 0 Å². The predicted molar refractivity (Wildman–Crippen MR) is 53.1 cm³/mol. The van der Waals surface area contributed by atoms with Gasteiger partial charge in [-0.1, -0.05) is 5.11 Å². The van der Waals surface area contributed by atoms with Gasteiger partial charge in [-0.3, -0.25) is 4.79 Å². The van der Waals surface area contributed by atoms with Crippen molar-refractivity contribution in [2.24, 2.45) is 5.11 Å². The van der Waals surface area contributed by atoms with Gasteiger partial charge in [0.25, 0.3) is 6.43 Å². The summed E-state index contributed by atoms with van der Waals surface area (Å²) >= 11 is 0. The Labute approximate surface area is 91.6 Å². The van der Waals surface area contributed by atoms with Crippen molar-refractivity contribution >= 4 is 5.91 Å². The van der Waals surface area contributed by atoms with Crippen molar-refractivity contribution in [1.29, 1.82) is 0 Å². The molecule has 0 bridgehead atoms. The summed E-state index contributed by atoms with van der Waals surface area (Å²) in [6.07, 6.45) is -1.91. The largest absolute Gasteiger partial charge is 0.375 e. The number of alkyl halides is 2. The van der Waals surface area contributed by atoms with Crippen LogP contribution in [0.3, 0.4) is 0 Å². The normalized spacial score (nSPS) is 9.94. The smallest absolute Gasteiger partial charge is 0.261 e. The van der Waals surface area contributed by atoms with Gasteiger partial charge in [0.1, 0.15) is 6.61 Å². The molecular weight excluding hydrogens is 222 g/mol. The van der Waals surface area contributed by atoms with E-state index in [4.69, 9.17) is 5.53 Å². The highest BCUT2D eigenvalue weighted by Gasteiger charge is 2.04. The number of carbonyl (C=O) groups excluding carboxylic acids is 1. The first kappa shape index (κ1) is 14.6. The van der Waals surface area contributed by atoms with E-state index in [2.05, 4.69) is 20.1 Å². The van der Waals surface area contributed by atoms with Crippen molar-refractivity contribution in [3.8, 4) is 0 Å². The summed E-state index contributed by atoms with van der Waals surface area (Å²) in [5.74, 6) is -0.268. The molecule has 92 valence electrons. The first-order valence-corrected chi connectivity index (χ1v) is 4.80. The van der Waals surface area contributed by atoms with E-state index in [1.54, 1.807) is 0 Å². The number of amides is 1. The van der Waals surface area contributed by atoms with Crippen LogP contribution >= 0.6 is 0 Å². The molecule has 0 spiro atoms. The van der Waals surface area contributed by atoms with Crippen LogP contribution in [0.25, 0.3) is 10.4 Å². The Morgan fingerprint density at radius 1 is 1.56 bits per heavy atom. The minimum atomic E-state index is -2.51. The third kappa shape index (κ3) is 10.7. The van der Waals surface area contributed by atoms with Crippen LogP contribution in [-0.4, -0.2) is 38.6 Å². The first-order valence-electron chi connectivity index (χ1n) is 4.80. The van der Waals surface area contributed by atoms with Crippen LogP contribution in [0.4, 0.5) is 8.78 Å². The van der Waals surface area contributed by atoms with Gasteiger partial charge in [0.15, 0.2) is 0 Å². The Bertz CT molecular complexity index is 244. The van der Waals surface area contributed by atoms with Gasteiger partial charge in [-0.05, 0) is 12.0 Å². The highest BCUT2D eigenvalue weighted by molar-refractivity contribution is 5.75. The SMILES string of the molecule is [N-]=[N+]=NCCCNC(=O)CCOCC(F)F. The van der Waals surface area contributed by atoms with Gasteiger partial charge in [0.05, 0.1) is 6.61 Å². The molecule has 0 saturated carbocycles. The quantitative estimate of drug-likeness (QED) is 0.284. The fourth-order valence-corrected chi connectivity index (χ4v) is 0.848. The number of hydrogen-bond donors (Lipinski definition) is 1. The highest BCUT2D eigenvalue weighted by Crippen LogP contribution is 1.93. The summed E-state index contributed by atoms with van der Waals surface area (Å²) in [4.78, 5) is 13.6. The molecule has 1 amide bonds. The fourth-order valence-electron chi connectivity index (χ4n) is 0.848. The minimum Gasteiger partial charge on any atom is -0.375 e. The maximum atomic E-state index is 11.6. The average molecular weight is 236 g/mol. The molecule has 0 aliphatic heterocycles. The number of rotatable bonds is 9. The summed E-state index contributed by atoms with van der Waals surface area (Å²) in [7, 11) is 0. The summed E-state index contributed by atoms with van der Waals surface area (Å²) < 4.78 is 27.8. The van der Waals surface area contributed by atoms with Gasteiger partial charge in [0.2, 0.25) is 5.91 Å². The van der Waals surface area contributed by atoms with Crippen molar-refractivity contribution in [3.63, 3.8) is 0 Å². The molecule has 0 atom stereocenters. The summed E-state index contributed by atoms with van der Waals surface area (Å²) in [6, 6.07) is 0. The molecule has 1 N–H and O–H groups in total. The van der Waals surface area contributed by atoms with E-state index >= 15 is 0 Å². The van der Waals surface area contributed by atoms with Crippen LogP contribution < -0.4 is 5.32 Å². The molecule has 0 radical (unpaired) electrons. The lowest BCUT2D eigenvalue weighted by Crippen LogP contribution is -2.26. The van der Waals surface area contributed by atoms with Crippen molar-refractivity contribution in [2.75, 3.05) is 26.3 Å². The molecule has 6 nitrogen and oxygen atoms in total. The number of halogens is 2. The van der Waals surface area contributed by atoms with E-state index in [0.29, 0.717) is 19.5 Å². The molecular formula is C8H14F2N4O2. The van der Waals surface area contributed by atoms with E-state index in [0.717, 1.165) is 0 Å². The maximum absolute atomic E-state index is 11.6. The highest BCUT2D eigenvalue weighted by atomic mass is 19.3. The Hall–Kier alpha value is -1.40. The number of hydrogen-bond acceptors (Lipinski definition) is 3. The average Bonchev–Trinajstić information content (AvgIpc) is 2.24. The Balaban J connectivity index is 3.27. The van der Waals surface area contributed by atoms with Crippen molar-refractivity contribution in [1.82, 2.24) is 5.32 Å². The third-order valence-electron chi connectivity index (χ3n) is 1.54. The van der Waals surface area contributed by atoms with Crippen LogP contribution in [0.1, 0.15) is 12.8 Å². The zero-order valence-corrected chi connectivity index (χ0v) is 8.73. The number of azide groups is 1. The van der Waals surface area contributed by atoms with E-state index in [1.807, 2.05) is 0 Å². The summed E-state index contributed by atoms with van der Waals surface area (Å²) in [6.45, 7) is 0.0437. The van der Waals surface area contributed by atoms with Gasteiger partial charge in [0, 0.05) is 24.4 Å². The molecule has 0 heterocycles. The molecule has 0 saturated heterocycles. The Morgan fingerprint density at radius 2 is 2.31 bits per heavy atom. The van der Waals surface area contributed by atoms with Gasteiger partial charge in [-0.15, -0.1) is 0 Å². The van der Waals surface area contributed by atoms with Crippen molar-refractivity contribution in [2.45, 2.75) is 19.3 Å². The molecule has 0 rings (SSSR count). The lowest BCUT2D eigenvalue weighted by Gasteiger charge is -2.04. The number of nitrogens with one attached hydrogen (secondary N) is 1. The number of carbonyl (C=O) groups is 1. The number of ether oxygens (including phenoxy) is 1. The standard InChI is InChI=1S/C8H14F2N4O2/c9-7(10)6-16-5-2-8(15)12-3-1-4-13-14-11/h7H,1-6H2,(H,12,15). The van der Waals surface area contributed by atoms with E-state index in [-0.39, 0.29) is 18.9 Å². The molecule has 0 aromatic heterocycles. The fraction of sp³-hybridized carbons (Fsp3) is 0.875. The van der Waals surface area contributed by atoms with Crippen molar-refractivity contribution in [3.05, 3.63) is 10.4 Å². The topological polar surface area (TPSA) is 87.1 Å². The molecule has 16 heavy (non-hydrogen) atoms. The van der Waals surface area contributed by atoms with E-state index in [1.165, 1.54) is 0 Å². The zero-order valence-electron chi connectivity index (χ0n) is 8.73. The van der Waals surface area contributed by atoms with E-state index < -0.39 is 13.0 Å². The van der Waals surface area contributed by atoms with Gasteiger partial charge in [-0.2, -0.15) is 0 Å². The van der Waals surface area contributed by atoms with E-state index in [9.17, 15) is 13.6 Å². The van der Waals surface area contributed by atoms with Crippen LogP contribution in [0, 0.1) is 0 Å². The van der Waals surface area contributed by atoms with Gasteiger partial charge >= 0.3 is 0 Å². The molecule has 0 aliphatic carbocycles. The predicted octanol–water partition coefficient (Wildman–Crippen LogP) is 1.47. The van der Waals surface area contributed by atoms with Gasteiger partial charge < -0.3 is 10.1 Å². The minimum absolute atomic E-state index is 0.0213. The molecule has 0 aromatic rings. The van der Waals surface area contributed by atoms with Crippen LogP contribution in [0.15, 0.2) is 5.11 Å². The summed E-state index contributed by atoms with van der Waals surface area (Å²) in [5.41, 5.74) is 7.96. The second-order valence-corrected chi connectivity index (χ2v) is 2.87. The molecule has 8 heteroatoms. The first-order chi connectivity index (χ1) is 7.66. The monoisotopic (exact) mass is 236 g/mol.